The van der Waals surface area contributed by atoms with Crippen molar-refractivity contribution in [1.29, 1.82) is 0 Å². The predicted molar refractivity (Wildman–Crippen MR) is 111 cm³/mol. The molecule has 0 radical (unpaired) electrons. The summed E-state index contributed by atoms with van der Waals surface area (Å²) in [6.45, 7) is 9.38. The van der Waals surface area contributed by atoms with E-state index in [1.54, 1.807) is 30.3 Å². The molecule has 0 bridgehead atoms. The van der Waals surface area contributed by atoms with Crippen LogP contribution in [0.5, 0.6) is 0 Å². The van der Waals surface area contributed by atoms with Crippen molar-refractivity contribution in [3.05, 3.63) is 22.4 Å². The van der Waals surface area contributed by atoms with Crippen LogP contribution in [0.15, 0.2) is 22.5 Å². The van der Waals surface area contributed by atoms with E-state index in [4.69, 9.17) is 4.74 Å². The van der Waals surface area contributed by atoms with Crippen molar-refractivity contribution in [3.8, 4) is 0 Å². The molecule has 27 heavy (non-hydrogen) atoms. The van der Waals surface area contributed by atoms with Crippen LogP contribution in [0.25, 0.3) is 0 Å². The number of morpholine rings is 1. The fourth-order valence-corrected chi connectivity index (χ4v) is 3.60. The Hall–Kier alpha value is -1.64. The number of likely N-dealkylation sites (N-methyl/N-ethyl adjacent to an activating group) is 1. The van der Waals surface area contributed by atoms with Crippen LogP contribution in [-0.2, 0) is 9.53 Å². The second-order valence-electron chi connectivity index (χ2n) is 7.29. The maximum Gasteiger partial charge on any atom is 0.243 e. The van der Waals surface area contributed by atoms with Gasteiger partial charge in [-0.25, -0.2) is 4.99 Å². The Kier molecular flexibility index (Phi) is 9.03. The van der Waals surface area contributed by atoms with Crippen molar-refractivity contribution in [2.75, 3.05) is 60.0 Å². The van der Waals surface area contributed by atoms with E-state index in [0.29, 0.717) is 11.9 Å². The number of hydrogen-bond acceptors (Lipinski definition) is 5. The van der Waals surface area contributed by atoms with Gasteiger partial charge >= 0.3 is 0 Å². The minimum atomic E-state index is -0.0105. The third kappa shape index (κ3) is 7.48. The number of nitrogens with one attached hydrogen (secondary N) is 2. The molecule has 1 unspecified atom stereocenters. The number of thiophene rings is 1. The maximum absolute atomic E-state index is 11.9. The molecule has 1 atom stereocenters. The summed E-state index contributed by atoms with van der Waals surface area (Å²) in [5, 5.41) is 8.91. The number of carbonyl (C=O) groups is 1. The number of hydrogen-bond donors (Lipinski definition) is 2. The number of carbonyl (C=O) groups excluding carboxylic acids is 1. The van der Waals surface area contributed by atoms with Gasteiger partial charge in [-0.1, -0.05) is 19.9 Å². The summed E-state index contributed by atoms with van der Waals surface area (Å²) in [6, 6.07) is 4.54. The maximum atomic E-state index is 11.9. The van der Waals surface area contributed by atoms with Crippen LogP contribution in [0.2, 0.25) is 0 Å². The molecule has 1 amide bonds. The summed E-state index contributed by atoms with van der Waals surface area (Å²) in [5.41, 5.74) is 0. The van der Waals surface area contributed by atoms with Crippen molar-refractivity contribution >= 4 is 23.2 Å². The largest absolute Gasteiger partial charge is 0.379 e. The second-order valence-corrected chi connectivity index (χ2v) is 8.27. The molecule has 0 aromatic carbocycles. The average molecular weight is 396 g/mol. The minimum absolute atomic E-state index is 0.0105. The monoisotopic (exact) mass is 395 g/mol. The van der Waals surface area contributed by atoms with Gasteiger partial charge in [-0.2, -0.15) is 0 Å². The Morgan fingerprint density at radius 1 is 1.30 bits per heavy atom. The number of guanidine groups is 1. The molecule has 0 saturated carbocycles. The lowest BCUT2D eigenvalue weighted by Gasteiger charge is -2.34. The van der Waals surface area contributed by atoms with Crippen LogP contribution in [0, 0.1) is 5.92 Å². The van der Waals surface area contributed by atoms with Gasteiger partial charge in [-0.3, -0.25) is 9.69 Å². The molecule has 1 fully saturated rings. The Labute approximate surface area is 166 Å². The van der Waals surface area contributed by atoms with Gasteiger partial charge in [-0.05, 0) is 17.4 Å². The van der Waals surface area contributed by atoms with E-state index < -0.39 is 0 Å². The minimum Gasteiger partial charge on any atom is -0.379 e. The highest BCUT2D eigenvalue weighted by Gasteiger charge is 2.23. The summed E-state index contributed by atoms with van der Waals surface area (Å²) in [7, 11) is 3.50. The standard InChI is InChI=1S/C19H33N5O2S/c1-15(2)12-20-19(22-14-18(25)23(3)4)21-13-16(17-6-5-11-27-17)24-7-9-26-10-8-24/h5-6,11,15-16H,7-10,12-14H2,1-4H3,(H2,20,21,22). The molecule has 152 valence electrons. The Morgan fingerprint density at radius 2 is 2.00 bits per heavy atom. The van der Waals surface area contributed by atoms with Gasteiger partial charge in [0.2, 0.25) is 5.91 Å². The number of nitrogens with zero attached hydrogens (tertiary/aromatic N) is 3. The highest BCUT2D eigenvalue weighted by molar-refractivity contribution is 7.10. The van der Waals surface area contributed by atoms with Gasteiger partial charge in [0, 0.05) is 45.2 Å². The zero-order chi connectivity index (χ0) is 19.6. The van der Waals surface area contributed by atoms with E-state index in [-0.39, 0.29) is 18.5 Å². The van der Waals surface area contributed by atoms with Crippen molar-refractivity contribution in [3.63, 3.8) is 0 Å². The molecule has 2 N–H and O–H groups in total. The van der Waals surface area contributed by atoms with Gasteiger partial charge in [0.05, 0.1) is 19.3 Å². The highest BCUT2D eigenvalue weighted by atomic mass is 32.1. The smallest absolute Gasteiger partial charge is 0.243 e. The number of ether oxygens (including phenoxy) is 1. The number of aliphatic imine (C=N–C) groups is 1. The van der Waals surface area contributed by atoms with Gasteiger partial charge in [-0.15, -0.1) is 11.3 Å². The van der Waals surface area contributed by atoms with Gasteiger partial charge in [0.25, 0.3) is 0 Å². The Balaban J connectivity index is 2.03. The van der Waals surface area contributed by atoms with E-state index in [0.717, 1.165) is 39.4 Å². The van der Waals surface area contributed by atoms with Gasteiger partial charge in [0.1, 0.15) is 6.54 Å². The van der Waals surface area contributed by atoms with Crippen LogP contribution in [-0.4, -0.2) is 81.7 Å². The lowest BCUT2D eigenvalue weighted by Crippen LogP contribution is -2.47. The third-order valence-corrected chi connectivity index (χ3v) is 5.34. The van der Waals surface area contributed by atoms with Crippen molar-refractivity contribution < 1.29 is 9.53 Å². The molecule has 2 rings (SSSR count). The van der Waals surface area contributed by atoms with Crippen molar-refractivity contribution in [1.82, 2.24) is 20.4 Å². The van der Waals surface area contributed by atoms with Crippen LogP contribution >= 0.6 is 11.3 Å². The first-order valence-electron chi connectivity index (χ1n) is 9.55. The topological polar surface area (TPSA) is 69.2 Å². The van der Waals surface area contributed by atoms with Crippen LogP contribution in [0.3, 0.4) is 0 Å². The molecule has 8 heteroatoms. The average Bonchev–Trinajstić information content (AvgIpc) is 3.18. The van der Waals surface area contributed by atoms with E-state index >= 15 is 0 Å². The summed E-state index contributed by atoms with van der Waals surface area (Å²) in [4.78, 5) is 21.7. The molecule has 1 aliphatic rings. The molecular formula is C19H33N5O2S. The van der Waals surface area contributed by atoms with Gasteiger partial charge in [0.15, 0.2) is 5.96 Å². The van der Waals surface area contributed by atoms with E-state index in [9.17, 15) is 4.79 Å². The second kappa shape index (κ2) is 11.3. The number of rotatable bonds is 8. The zero-order valence-corrected chi connectivity index (χ0v) is 17.7. The molecule has 1 aromatic rings. The van der Waals surface area contributed by atoms with Crippen LogP contribution < -0.4 is 10.6 Å². The fourth-order valence-electron chi connectivity index (χ4n) is 2.74. The first-order chi connectivity index (χ1) is 13.0. The molecule has 1 saturated heterocycles. The molecular weight excluding hydrogens is 362 g/mol. The van der Waals surface area contributed by atoms with Crippen molar-refractivity contribution in [2.45, 2.75) is 19.9 Å². The van der Waals surface area contributed by atoms with E-state index in [1.165, 1.54) is 4.88 Å². The third-order valence-electron chi connectivity index (χ3n) is 4.37. The van der Waals surface area contributed by atoms with E-state index in [2.05, 4.69) is 51.9 Å². The molecule has 1 aliphatic heterocycles. The lowest BCUT2D eigenvalue weighted by atomic mass is 10.2. The first kappa shape index (κ1) is 21.7. The fraction of sp³-hybridized carbons (Fsp3) is 0.684. The quantitative estimate of drug-likeness (QED) is 0.514. The zero-order valence-electron chi connectivity index (χ0n) is 16.9. The SMILES string of the molecule is CC(C)CNC(=NCC(=O)N(C)C)NCC(c1cccs1)N1CCOCC1. The first-order valence-corrected chi connectivity index (χ1v) is 10.4. The normalized spacial score (nSPS) is 17.0. The van der Waals surface area contributed by atoms with E-state index in [1.807, 2.05) is 0 Å². The molecule has 2 heterocycles. The summed E-state index contributed by atoms with van der Waals surface area (Å²) in [6.07, 6.45) is 0. The summed E-state index contributed by atoms with van der Waals surface area (Å²) >= 11 is 1.77. The predicted octanol–water partition coefficient (Wildman–Crippen LogP) is 1.40. The molecule has 1 aromatic heterocycles. The molecule has 7 nitrogen and oxygen atoms in total. The molecule has 0 aliphatic carbocycles. The number of amides is 1. The Bertz CT molecular complexity index is 583. The van der Waals surface area contributed by atoms with Crippen LogP contribution in [0.1, 0.15) is 24.8 Å². The molecule has 0 spiro atoms. The summed E-state index contributed by atoms with van der Waals surface area (Å²) < 4.78 is 5.51. The highest BCUT2D eigenvalue weighted by Crippen LogP contribution is 2.25. The summed E-state index contributed by atoms with van der Waals surface area (Å²) in [5.74, 6) is 1.17. The Morgan fingerprint density at radius 3 is 2.59 bits per heavy atom. The van der Waals surface area contributed by atoms with Crippen LogP contribution in [0.4, 0.5) is 0 Å². The van der Waals surface area contributed by atoms with Crippen molar-refractivity contribution in [2.24, 2.45) is 10.9 Å². The lowest BCUT2D eigenvalue weighted by molar-refractivity contribution is -0.127. The van der Waals surface area contributed by atoms with Gasteiger partial charge < -0.3 is 20.3 Å².